The second-order valence-electron chi connectivity index (χ2n) is 7.02. The number of amides is 1. The molecule has 4 rings (SSSR count). The lowest BCUT2D eigenvalue weighted by Crippen LogP contribution is -2.39. The molecule has 0 bridgehead atoms. The molecule has 4 heteroatoms. The average molecular weight is 335 g/mol. The van der Waals surface area contributed by atoms with Gasteiger partial charge in [0, 0.05) is 13.1 Å². The summed E-state index contributed by atoms with van der Waals surface area (Å²) in [6.07, 6.45) is 3.00. The minimum Gasteiger partial charge on any atom is -0.478 e. The van der Waals surface area contributed by atoms with Crippen LogP contribution in [0.3, 0.4) is 0 Å². The number of hydrogen-bond acceptors (Lipinski definition) is 2. The van der Waals surface area contributed by atoms with E-state index in [1.165, 1.54) is 0 Å². The Kier molecular flexibility index (Phi) is 4.04. The van der Waals surface area contributed by atoms with E-state index in [-0.39, 0.29) is 17.4 Å². The van der Waals surface area contributed by atoms with Gasteiger partial charge in [0.25, 0.3) is 0 Å². The Morgan fingerprint density at radius 2 is 1.80 bits per heavy atom. The Morgan fingerprint density at radius 3 is 2.48 bits per heavy atom. The normalized spacial score (nSPS) is 17.7. The summed E-state index contributed by atoms with van der Waals surface area (Å²) in [5.74, 6) is -0.362. The lowest BCUT2D eigenvalue weighted by Gasteiger charge is -2.32. The highest BCUT2D eigenvalue weighted by Gasteiger charge is 2.39. The highest BCUT2D eigenvalue weighted by molar-refractivity contribution is 5.88. The van der Waals surface area contributed by atoms with Gasteiger partial charge < -0.3 is 10.0 Å². The zero-order valence-electron chi connectivity index (χ0n) is 14.0. The molecule has 1 aliphatic heterocycles. The predicted octanol–water partition coefficient (Wildman–Crippen LogP) is 3.46. The summed E-state index contributed by atoms with van der Waals surface area (Å²) in [6.45, 7) is 1.21. The second-order valence-corrected chi connectivity index (χ2v) is 7.02. The summed E-state index contributed by atoms with van der Waals surface area (Å²) in [5.41, 5.74) is 3.49. The number of fused-ring (bicyclic) bond motifs is 1. The van der Waals surface area contributed by atoms with Crippen LogP contribution in [0.25, 0.3) is 0 Å². The summed E-state index contributed by atoms with van der Waals surface area (Å²) >= 11 is 0. The van der Waals surface area contributed by atoms with E-state index >= 15 is 0 Å². The zero-order valence-corrected chi connectivity index (χ0v) is 14.0. The van der Waals surface area contributed by atoms with E-state index in [9.17, 15) is 14.7 Å². The molecule has 1 aliphatic carbocycles. The lowest BCUT2D eigenvalue weighted by atomic mass is 9.90. The molecule has 0 saturated heterocycles. The molecule has 1 N–H and O–H groups in total. The topological polar surface area (TPSA) is 57.6 Å². The smallest absolute Gasteiger partial charge is 0.335 e. The Labute approximate surface area is 147 Å². The predicted molar refractivity (Wildman–Crippen MR) is 94.4 cm³/mol. The molecule has 1 heterocycles. The number of carbonyl (C=O) groups is 2. The first-order valence-corrected chi connectivity index (χ1v) is 8.82. The van der Waals surface area contributed by atoms with Gasteiger partial charge in [0.15, 0.2) is 0 Å². The summed E-state index contributed by atoms with van der Waals surface area (Å²) in [7, 11) is 0. The SMILES string of the molecule is O=C(O)c1ccc2c(c1)CN(C(=O)C(c1ccccc1)C1CC1)CC2. The van der Waals surface area contributed by atoms with Gasteiger partial charge in [-0.05, 0) is 54.0 Å². The van der Waals surface area contributed by atoms with E-state index in [1.54, 1.807) is 12.1 Å². The van der Waals surface area contributed by atoms with Crippen LogP contribution in [-0.4, -0.2) is 28.4 Å². The zero-order chi connectivity index (χ0) is 17.4. The molecule has 1 fully saturated rings. The standard InChI is InChI=1S/C21H21NO3/c23-20(19(16-7-8-16)15-4-2-1-3-5-15)22-11-10-14-6-9-17(21(24)25)12-18(14)13-22/h1-6,9,12,16,19H,7-8,10-11,13H2,(H,24,25). The Morgan fingerprint density at radius 1 is 1.04 bits per heavy atom. The van der Waals surface area contributed by atoms with E-state index in [0.29, 0.717) is 19.0 Å². The van der Waals surface area contributed by atoms with E-state index in [4.69, 9.17) is 0 Å². The molecule has 2 aliphatic rings. The van der Waals surface area contributed by atoms with Crippen LogP contribution in [0.1, 0.15) is 45.8 Å². The number of nitrogens with zero attached hydrogens (tertiary/aromatic N) is 1. The first-order chi connectivity index (χ1) is 12.1. The van der Waals surface area contributed by atoms with Crippen molar-refractivity contribution < 1.29 is 14.7 Å². The van der Waals surface area contributed by atoms with Crippen LogP contribution in [0.5, 0.6) is 0 Å². The van der Waals surface area contributed by atoms with Crippen molar-refractivity contribution in [3.05, 3.63) is 70.8 Å². The third kappa shape index (κ3) is 3.16. The molecule has 1 unspecified atom stereocenters. The van der Waals surface area contributed by atoms with Crippen molar-refractivity contribution in [1.82, 2.24) is 4.90 Å². The van der Waals surface area contributed by atoms with Gasteiger partial charge >= 0.3 is 5.97 Å². The van der Waals surface area contributed by atoms with Gasteiger partial charge in [-0.25, -0.2) is 4.79 Å². The van der Waals surface area contributed by atoms with Gasteiger partial charge in [0.05, 0.1) is 11.5 Å². The first kappa shape index (κ1) is 15.9. The quantitative estimate of drug-likeness (QED) is 0.931. The van der Waals surface area contributed by atoms with Crippen LogP contribution in [0, 0.1) is 5.92 Å². The molecule has 1 atom stereocenters. The summed E-state index contributed by atoms with van der Waals surface area (Å²) < 4.78 is 0. The number of carbonyl (C=O) groups excluding carboxylic acids is 1. The van der Waals surface area contributed by atoms with Crippen molar-refractivity contribution in [1.29, 1.82) is 0 Å². The largest absolute Gasteiger partial charge is 0.478 e. The maximum Gasteiger partial charge on any atom is 0.335 e. The fraction of sp³-hybridized carbons (Fsp3) is 0.333. The molecular formula is C21H21NO3. The van der Waals surface area contributed by atoms with Gasteiger partial charge in [-0.15, -0.1) is 0 Å². The van der Waals surface area contributed by atoms with E-state index in [1.807, 2.05) is 41.3 Å². The van der Waals surface area contributed by atoms with Crippen LogP contribution in [0.4, 0.5) is 0 Å². The molecule has 1 saturated carbocycles. The van der Waals surface area contributed by atoms with Gasteiger partial charge in [-0.1, -0.05) is 36.4 Å². The molecule has 128 valence electrons. The number of benzene rings is 2. The van der Waals surface area contributed by atoms with Crippen molar-refractivity contribution in [2.24, 2.45) is 5.92 Å². The summed E-state index contributed by atoms with van der Waals surface area (Å²) in [4.78, 5) is 26.3. The Balaban J connectivity index is 1.58. The van der Waals surface area contributed by atoms with Gasteiger partial charge in [0.1, 0.15) is 0 Å². The molecule has 0 aromatic heterocycles. The maximum absolute atomic E-state index is 13.2. The lowest BCUT2D eigenvalue weighted by molar-refractivity contribution is -0.134. The highest BCUT2D eigenvalue weighted by atomic mass is 16.4. The number of carboxylic acid groups (broad SMARTS) is 1. The van der Waals surface area contributed by atoms with Gasteiger partial charge in [-0.2, -0.15) is 0 Å². The third-order valence-electron chi connectivity index (χ3n) is 5.30. The fourth-order valence-corrected chi connectivity index (χ4v) is 3.78. The van der Waals surface area contributed by atoms with E-state index in [0.717, 1.165) is 36.0 Å². The van der Waals surface area contributed by atoms with Crippen LogP contribution in [0.2, 0.25) is 0 Å². The minimum atomic E-state index is -0.925. The monoisotopic (exact) mass is 335 g/mol. The van der Waals surface area contributed by atoms with Crippen molar-refractivity contribution >= 4 is 11.9 Å². The third-order valence-corrected chi connectivity index (χ3v) is 5.30. The highest BCUT2D eigenvalue weighted by Crippen LogP contribution is 2.44. The number of rotatable bonds is 4. The van der Waals surface area contributed by atoms with Crippen molar-refractivity contribution in [3.8, 4) is 0 Å². The number of carboxylic acids is 1. The van der Waals surface area contributed by atoms with Crippen LogP contribution in [0.15, 0.2) is 48.5 Å². The Hall–Kier alpha value is -2.62. The van der Waals surface area contributed by atoms with Crippen LogP contribution in [-0.2, 0) is 17.8 Å². The summed E-state index contributed by atoms with van der Waals surface area (Å²) in [6, 6.07) is 15.3. The first-order valence-electron chi connectivity index (χ1n) is 8.82. The molecule has 25 heavy (non-hydrogen) atoms. The molecular weight excluding hydrogens is 314 g/mol. The van der Waals surface area contributed by atoms with E-state index in [2.05, 4.69) is 0 Å². The number of hydrogen-bond donors (Lipinski definition) is 1. The molecule has 0 spiro atoms. The van der Waals surface area contributed by atoms with Gasteiger partial charge in [-0.3, -0.25) is 4.79 Å². The minimum absolute atomic E-state index is 0.0644. The second kappa shape index (κ2) is 6.36. The van der Waals surface area contributed by atoms with Crippen molar-refractivity contribution in [2.75, 3.05) is 6.54 Å². The Bertz CT molecular complexity index is 811. The molecule has 0 radical (unpaired) electrons. The summed E-state index contributed by atoms with van der Waals surface area (Å²) in [5, 5.41) is 9.20. The van der Waals surface area contributed by atoms with Crippen LogP contribution < -0.4 is 0 Å². The van der Waals surface area contributed by atoms with Crippen molar-refractivity contribution in [2.45, 2.75) is 31.7 Å². The molecule has 1 amide bonds. The molecule has 2 aromatic rings. The maximum atomic E-state index is 13.2. The fourth-order valence-electron chi connectivity index (χ4n) is 3.78. The van der Waals surface area contributed by atoms with Crippen LogP contribution >= 0.6 is 0 Å². The number of aromatic carboxylic acids is 1. The molecule has 2 aromatic carbocycles. The molecule has 4 nitrogen and oxygen atoms in total. The van der Waals surface area contributed by atoms with Crippen molar-refractivity contribution in [3.63, 3.8) is 0 Å². The van der Waals surface area contributed by atoms with Gasteiger partial charge in [0.2, 0.25) is 5.91 Å². The average Bonchev–Trinajstić information content (AvgIpc) is 3.46. The van der Waals surface area contributed by atoms with E-state index < -0.39 is 5.97 Å².